The number of carbonyl (C=O) groups is 2. The van der Waals surface area contributed by atoms with Crippen molar-refractivity contribution < 1.29 is 24.0 Å². The van der Waals surface area contributed by atoms with Crippen molar-refractivity contribution in [2.45, 2.75) is 19.8 Å². The fourth-order valence-electron chi connectivity index (χ4n) is 3.50. The Morgan fingerprint density at radius 3 is 2.17 bits per heavy atom. The summed E-state index contributed by atoms with van der Waals surface area (Å²) in [5.74, 6) is -6.66. The molecule has 176 valence electrons. The molecule has 1 aromatic carbocycles. The number of nitriles is 4. The Morgan fingerprint density at radius 1 is 1.06 bits per heavy atom. The molecule has 1 aliphatic rings. The minimum atomic E-state index is -1.23. The van der Waals surface area contributed by atoms with Crippen molar-refractivity contribution in [3.05, 3.63) is 51.2 Å². The zero-order valence-corrected chi connectivity index (χ0v) is 18.7. The van der Waals surface area contributed by atoms with Crippen LogP contribution in [0.15, 0.2) is 40.5 Å². The highest BCUT2D eigenvalue weighted by Crippen LogP contribution is 2.41. The van der Waals surface area contributed by atoms with Gasteiger partial charge in [-0.15, -0.1) is 0 Å². The van der Waals surface area contributed by atoms with E-state index in [4.69, 9.17) is 30.5 Å². The number of rotatable bonds is 8. The van der Waals surface area contributed by atoms with Gasteiger partial charge in [-0.1, -0.05) is 12.1 Å². The maximum Gasteiger partial charge on any atom is 0.336 e. The quantitative estimate of drug-likeness (QED) is 0.305. The molecule has 0 N–H and O–H groups in total. The number of ether oxygens (including phenoxy) is 2. The summed E-state index contributed by atoms with van der Waals surface area (Å²) in [5.41, 5.74) is 0.229. The molecule has 0 bridgehead atoms. The number of nitro groups is 1. The normalized spacial score (nSPS) is 16.9. The average molecular weight is 474 g/mol. The lowest BCUT2D eigenvalue weighted by molar-refractivity contribution is -0.384. The van der Waals surface area contributed by atoms with Crippen LogP contribution in [0.5, 0.6) is 0 Å². The van der Waals surface area contributed by atoms with Crippen LogP contribution in [-0.2, 0) is 19.1 Å². The molecule has 12 heteroatoms. The van der Waals surface area contributed by atoms with Gasteiger partial charge in [0.05, 0.1) is 34.8 Å². The van der Waals surface area contributed by atoms with E-state index in [1.165, 1.54) is 38.1 Å². The Morgan fingerprint density at radius 2 is 1.63 bits per heavy atom. The second-order valence-corrected chi connectivity index (χ2v) is 7.41. The number of benzene rings is 1. The first-order valence-corrected chi connectivity index (χ1v) is 10.1. The van der Waals surface area contributed by atoms with E-state index >= 15 is 0 Å². The van der Waals surface area contributed by atoms with Crippen molar-refractivity contribution in [1.82, 2.24) is 0 Å². The van der Waals surface area contributed by atoms with Gasteiger partial charge in [-0.3, -0.25) is 19.9 Å². The van der Waals surface area contributed by atoms with E-state index in [1.807, 2.05) is 0 Å². The van der Waals surface area contributed by atoms with Gasteiger partial charge in [0.25, 0.3) is 5.69 Å². The van der Waals surface area contributed by atoms with Gasteiger partial charge in [-0.25, -0.2) is 4.79 Å². The molecule has 0 saturated carbocycles. The minimum Gasteiger partial charge on any atom is -0.463 e. The molecule has 2 atom stereocenters. The molecule has 0 aliphatic carbocycles. The zero-order chi connectivity index (χ0) is 26.1. The molecule has 0 saturated heterocycles. The van der Waals surface area contributed by atoms with Gasteiger partial charge in [0.1, 0.15) is 19.1 Å². The summed E-state index contributed by atoms with van der Waals surface area (Å²) < 4.78 is 10.3. The first-order chi connectivity index (χ1) is 16.7. The number of hydrogen-bond donors (Lipinski definition) is 0. The Balaban J connectivity index is 2.57. The van der Waals surface area contributed by atoms with Gasteiger partial charge in [0.15, 0.2) is 11.8 Å². The van der Waals surface area contributed by atoms with Crippen LogP contribution in [0.2, 0.25) is 0 Å². The lowest BCUT2D eigenvalue weighted by atomic mass is 9.75. The predicted molar refractivity (Wildman–Crippen MR) is 116 cm³/mol. The van der Waals surface area contributed by atoms with Crippen molar-refractivity contribution in [3.63, 3.8) is 0 Å². The van der Waals surface area contributed by atoms with Crippen molar-refractivity contribution in [3.8, 4) is 24.3 Å². The standard InChI is InChI=1S/C23H18N6O6/c1-13-19(22(30)34-11-15(7-24)8-25)21(17-4-3-5-18(6-17)29(32)33)20(14(2)28-13)23(31)35-12-16(9-26)10-27/h3-6,15-16,19,21H,11-12H2,1-2H3. The van der Waals surface area contributed by atoms with Crippen LogP contribution in [0.3, 0.4) is 0 Å². The SMILES string of the molecule is CC1=NC(C)=C(C(=O)OCC(C#N)C#N)C(c2cccc([N+](=O)[O-])c2)C1C(=O)OCC(C#N)C#N. The summed E-state index contributed by atoms with van der Waals surface area (Å²) in [6, 6.07) is 12.0. The molecule has 0 aromatic heterocycles. The topological polar surface area (TPSA) is 203 Å². The van der Waals surface area contributed by atoms with E-state index in [0.717, 1.165) is 0 Å². The number of aliphatic imine (C=N–C) groups is 1. The number of non-ortho nitro benzene ring substituents is 1. The molecule has 0 spiro atoms. The maximum absolute atomic E-state index is 13.1. The number of nitro benzene ring substituents is 1. The third kappa shape index (κ3) is 6.04. The van der Waals surface area contributed by atoms with Gasteiger partial charge in [0, 0.05) is 29.5 Å². The van der Waals surface area contributed by atoms with Gasteiger partial charge >= 0.3 is 11.9 Å². The van der Waals surface area contributed by atoms with Gasteiger partial charge in [0.2, 0.25) is 0 Å². The molecule has 1 aromatic rings. The minimum absolute atomic E-state index is 0.107. The largest absolute Gasteiger partial charge is 0.463 e. The van der Waals surface area contributed by atoms with Crippen LogP contribution >= 0.6 is 0 Å². The monoisotopic (exact) mass is 474 g/mol. The maximum atomic E-state index is 13.1. The van der Waals surface area contributed by atoms with E-state index in [1.54, 1.807) is 24.3 Å². The van der Waals surface area contributed by atoms with Crippen LogP contribution in [0.4, 0.5) is 5.69 Å². The Bertz CT molecular complexity index is 1240. The smallest absolute Gasteiger partial charge is 0.336 e. The lowest BCUT2D eigenvalue weighted by Gasteiger charge is -2.31. The Kier molecular flexibility index (Phi) is 8.75. The second kappa shape index (κ2) is 11.7. The summed E-state index contributed by atoms with van der Waals surface area (Å²) in [7, 11) is 0. The molecular weight excluding hydrogens is 456 g/mol. The molecule has 2 rings (SSSR count). The number of nitrogens with zero attached hydrogens (tertiary/aromatic N) is 6. The number of allylic oxidation sites excluding steroid dienone is 1. The molecule has 1 heterocycles. The predicted octanol–water partition coefficient (Wildman–Crippen LogP) is 2.46. The van der Waals surface area contributed by atoms with Crippen LogP contribution in [0, 0.1) is 73.2 Å². The third-order valence-corrected chi connectivity index (χ3v) is 5.14. The van der Waals surface area contributed by atoms with Crippen LogP contribution in [-0.4, -0.2) is 35.8 Å². The summed E-state index contributed by atoms with van der Waals surface area (Å²) in [6.07, 6.45) is 0. The first kappa shape index (κ1) is 26.2. The second-order valence-electron chi connectivity index (χ2n) is 7.41. The highest BCUT2D eigenvalue weighted by molar-refractivity contribution is 6.07. The van der Waals surface area contributed by atoms with Gasteiger partial charge in [-0.2, -0.15) is 21.0 Å². The van der Waals surface area contributed by atoms with Gasteiger partial charge in [-0.05, 0) is 19.4 Å². The average Bonchev–Trinajstić information content (AvgIpc) is 2.84. The first-order valence-electron chi connectivity index (χ1n) is 10.1. The van der Waals surface area contributed by atoms with Crippen molar-refractivity contribution in [2.75, 3.05) is 13.2 Å². The van der Waals surface area contributed by atoms with E-state index in [0.29, 0.717) is 0 Å². The molecule has 2 unspecified atom stereocenters. The summed E-state index contributed by atoms with van der Waals surface area (Å²) in [5, 5.41) is 47.1. The Labute approximate surface area is 200 Å². The van der Waals surface area contributed by atoms with Crippen LogP contribution in [0.25, 0.3) is 0 Å². The van der Waals surface area contributed by atoms with E-state index in [-0.39, 0.29) is 28.2 Å². The molecule has 12 nitrogen and oxygen atoms in total. The van der Waals surface area contributed by atoms with Crippen LogP contribution < -0.4 is 0 Å². The highest BCUT2D eigenvalue weighted by atomic mass is 16.6. The van der Waals surface area contributed by atoms with Crippen molar-refractivity contribution in [1.29, 1.82) is 21.0 Å². The third-order valence-electron chi connectivity index (χ3n) is 5.14. The fraction of sp³-hybridized carbons (Fsp3) is 0.348. The summed E-state index contributed by atoms with van der Waals surface area (Å²) in [4.78, 5) is 41.1. The molecule has 0 radical (unpaired) electrons. The molecule has 0 fully saturated rings. The molecule has 35 heavy (non-hydrogen) atoms. The summed E-state index contributed by atoms with van der Waals surface area (Å²) in [6.45, 7) is 1.94. The fourth-order valence-corrected chi connectivity index (χ4v) is 3.50. The summed E-state index contributed by atoms with van der Waals surface area (Å²) >= 11 is 0. The van der Waals surface area contributed by atoms with Gasteiger partial charge < -0.3 is 9.47 Å². The lowest BCUT2D eigenvalue weighted by Crippen LogP contribution is -2.37. The molecule has 1 aliphatic heterocycles. The van der Waals surface area contributed by atoms with E-state index in [9.17, 15) is 19.7 Å². The Hall–Kier alpha value is -5.07. The number of esters is 2. The van der Waals surface area contributed by atoms with E-state index in [2.05, 4.69) is 4.99 Å². The number of carbonyl (C=O) groups excluding carboxylic acids is 2. The van der Waals surface area contributed by atoms with Crippen molar-refractivity contribution in [2.24, 2.45) is 22.7 Å². The molecular formula is C23H18N6O6. The van der Waals surface area contributed by atoms with Crippen LogP contribution in [0.1, 0.15) is 25.3 Å². The van der Waals surface area contributed by atoms with Crippen molar-refractivity contribution >= 4 is 23.3 Å². The highest BCUT2D eigenvalue weighted by Gasteiger charge is 2.43. The van der Waals surface area contributed by atoms with E-state index < -0.39 is 53.7 Å². The molecule has 0 amide bonds. The zero-order valence-electron chi connectivity index (χ0n) is 18.7. The number of hydrogen-bond acceptors (Lipinski definition) is 11.